The van der Waals surface area contributed by atoms with Crippen LogP contribution in [0.5, 0.6) is 5.75 Å². The van der Waals surface area contributed by atoms with Crippen molar-refractivity contribution in [1.29, 1.82) is 0 Å². The van der Waals surface area contributed by atoms with Gasteiger partial charge in [0.25, 0.3) is 0 Å². The molecular weight excluding hydrogens is 240 g/mol. The number of nitrogens with two attached hydrogens (primary N) is 1. The summed E-state index contributed by atoms with van der Waals surface area (Å²) in [6.45, 7) is 3.62. The van der Waals surface area contributed by atoms with Crippen molar-refractivity contribution in [2.75, 3.05) is 5.32 Å². The van der Waals surface area contributed by atoms with Crippen LogP contribution in [0.25, 0.3) is 0 Å². The molecule has 0 radical (unpaired) electrons. The van der Waals surface area contributed by atoms with Gasteiger partial charge in [0.1, 0.15) is 5.56 Å². The van der Waals surface area contributed by atoms with Crippen molar-refractivity contribution in [2.24, 2.45) is 5.73 Å². The molecule has 0 unspecified atom stereocenters. The lowest BCUT2D eigenvalue weighted by molar-refractivity contribution is 0.0690. The van der Waals surface area contributed by atoms with E-state index in [4.69, 9.17) is 27.8 Å². The standard InChI is InChI=1S/C11H14N2O3S/c1-6(2)16-9-7(10(14)15)4-3-5-8(9)13-11(12)17/h3-6H,1-2H3,(H,14,15)(H3,12,13,17). The van der Waals surface area contributed by atoms with Crippen molar-refractivity contribution in [3.05, 3.63) is 23.8 Å². The molecule has 0 aliphatic rings. The van der Waals surface area contributed by atoms with E-state index in [1.54, 1.807) is 12.1 Å². The molecule has 0 amide bonds. The second-order valence-electron chi connectivity index (χ2n) is 3.64. The Morgan fingerprint density at radius 1 is 1.53 bits per heavy atom. The summed E-state index contributed by atoms with van der Waals surface area (Å²) in [4.78, 5) is 11.1. The molecule has 1 aromatic carbocycles. The average Bonchev–Trinajstić information content (AvgIpc) is 2.18. The first kappa shape index (κ1) is 13.2. The van der Waals surface area contributed by atoms with Gasteiger partial charge in [-0.1, -0.05) is 6.07 Å². The minimum atomic E-state index is -1.06. The van der Waals surface area contributed by atoms with Crippen LogP contribution in [0.15, 0.2) is 18.2 Å². The summed E-state index contributed by atoms with van der Waals surface area (Å²) < 4.78 is 5.48. The molecule has 92 valence electrons. The highest BCUT2D eigenvalue weighted by molar-refractivity contribution is 7.80. The maximum atomic E-state index is 11.1. The van der Waals surface area contributed by atoms with Crippen molar-refractivity contribution in [2.45, 2.75) is 20.0 Å². The van der Waals surface area contributed by atoms with Crippen molar-refractivity contribution in [1.82, 2.24) is 0 Å². The van der Waals surface area contributed by atoms with Crippen LogP contribution < -0.4 is 15.8 Å². The molecule has 4 N–H and O–H groups in total. The zero-order valence-corrected chi connectivity index (χ0v) is 10.4. The van der Waals surface area contributed by atoms with Crippen LogP contribution in [-0.4, -0.2) is 22.3 Å². The molecular formula is C11H14N2O3S. The molecule has 0 spiro atoms. The first-order valence-corrected chi connectivity index (χ1v) is 5.42. The van der Waals surface area contributed by atoms with Crippen LogP contribution in [0.1, 0.15) is 24.2 Å². The molecule has 0 bridgehead atoms. The van der Waals surface area contributed by atoms with Crippen molar-refractivity contribution < 1.29 is 14.6 Å². The Morgan fingerprint density at radius 3 is 2.65 bits per heavy atom. The van der Waals surface area contributed by atoms with E-state index in [0.29, 0.717) is 5.69 Å². The molecule has 6 heteroatoms. The minimum Gasteiger partial charge on any atom is -0.488 e. The number of thiocarbonyl (C=S) groups is 1. The maximum absolute atomic E-state index is 11.1. The summed E-state index contributed by atoms with van der Waals surface area (Å²) in [6, 6.07) is 4.71. The number of para-hydroxylation sites is 1. The summed E-state index contributed by atoms with van der Waals surface area (Å²) >= 11 is 4.72. The molecule has 0 aromatic heterocycles. The van der Waals surface area contributed by atoms with Crippen LogP contribution in [0, 0.1) is 0 Å². The van der Waals surface area contributed by atoms with E-state index in [9.17, 15) is 4.79 Å². The summed E-state index contributed by atoms with van der Waals surface area (Å²) in [5.74, 6) is -0.824. The maximum Gasteiger partial charge on any atom is 0.339 e. The number of benzene rings is 1. The first-order chi connectivity index (χ1) is 7.91. The lowest BCUT2D eigenvalue weighted by Crippen LogP contribution is -2.21. The van der Waals surface area contributed by atoms with Gasteiger partial charge in [-0.25, -0.2) is 4.79 Å². The first-order valence-electron chi connectivity index (χ1n) is 5.01. The quantitative estimate of drug-likeness (QED) is 0.711. The molecule has 0 heterocycles. The normalized spacial score (nSPS) is 10.1. The van der Waals surface area contributed by atoms with Crippen LogP contribution >= 0.6 is 12.2 Å². The number of carboxylic acids is 1. The molecule has 1 rings (SSSR count). The van der Waals surface area contributed by atoms with E-state index in [2.05, 4.69) is 5.32 Å². The smallest absolute Gasteiger partial charge is 0.339 e. The molecule has 0 aliphatic carbocycles. The predicted molar refractivity (Wildman–Crippen MR) is 69.6 cm³/mol. The van der Waals surface area contributed by atoms with Crippen molar-refractivity contribution in [3.63, 3.8) is 0 Å². The van der Waals surface area contributed by atoms with E-state index >= 15 is 0 Å². The number of nitrogens with one attached hydrogen (secondary N) is 1. The Balaban J connectivity index is 3.23. The number of carbonyl (C=O) groups is 1. The number of aromatic carboxylic acids is 1. The second kappa shape index (κ2) is 5.49. The fourth-order valence-corrected chi connectivity index (χ4v) is 1.41. The zero-order chi connectivity index (χ0) is 13.0. The number of hydrogen-bond acceptors (Lipinski definition) is 3. The highest BCUT2D eigenvalue weighted by atomic mass is 32.1. The number of carboxylic acid groups (broad SMARTS) is 1. The number of anilines is 1. The van der Waals surface area contributed by atoms with Gasteiger partial charge in [0.2, 0.25) is 0 Å². The fourth-order valence-electron chi connectivity index (χ4n) is 1.30. The van der Waals surface area contributed by atoms with Gasteiger partial charge >= 0.3 is 5.97 Å². The van der Waals surface area contributed by atoms with E-state index in [0.717, 1.165) is 0 Å². The summed E-state index contributed by atoms with van der Waals surface area (Å²) in [7, 11) is 0. The number of hydrogen-bond donors (Lipinski definition) is 3. The summed E-state index contributed by atoms with van der Waals surface area (Å²) in [5, 5.41) is 11.8. The predicted octanol–water partition coefficient (Wildman–Crippen LogP) is 1.83. The lowest BCUT2D eigenvalue weighted by Gasteiger charge is -2.16. The van der Waals surface area contributed by atoms with E-state index < -0.39 is 5.97 Å². The van der Waals surface area contributed by atoms with Crippen molar-refractivity contribution in [3.8, 4) is 5.75 Å². The topological polar surface area (TPSA) is 84.6 Å². The number of rotatable bonds is 4. The molecule has 0 saturated carbocycles. The monoisotopic (exact) mass is 254 g/mol. The highest BCUT2D eigenvalue weighted by Crippen LogP contribution is 2.30. The van der Waals surface area contributed by atoms with E-state index in [1.807, 2.05) is 13.8 Å². The van der Waals surface area contributed by atoms with Gasteiger partial charge in [0.05, 0.1) is 11.8 Å². The van der Waals surface area contributed by atoms with Crippen LogP contribution in [0.4, 0.5) is 5.69 Å². The molecule has 5 nitrogen and oxygen atoms in total. The van der Waals surface area contributed by atoms with Gasteiger partial charge in [-0.3, -0.25) is 0 Å². The summed E-state index contributed by atoms with van der Waals surface area (Å²) in [6.07, 6.45) is -0.151. The molecule has 17 heavy (non-hydrogen) atoms. The molecule has 0 atom stereocenters. The lowest BCUT2D eigenvalue weighted by atomic mass is 10.1. The zero-order valence-electron chi connectivity index (χ0n) is 9.56. The Labute approximate surface area is 105 Å². The third-order valence-electron chi connectivity index (χ3n) is 1.86. The van der Waals surface area contributed by atoms with Crippen LogP contribution in [0.2, 0.25) is 0 Å². The Kier molecular flexibility index (Phi) is 4.28. The molecule has 0 aliphatic heterocycles. The SMILES string of the molecule is CC(C)Oc1c(NC(N)=S)cccc1C(=O)O. The van der Waals surface area contributed by atoms with Gasteiger partial charge in [-0.2, -0.15) is 0 Å². The fraction of sp³-hybridized carbons (Fsp3) is 0.273. The van der Waals surface area contributed by atoms with Crippen molar-refractivity contribution >= 4 is 29.0 Å². The van der Waals surface area contributed by atoms with Gasteiger partial charge in [-0.05, 0) is 38.2 Å². The number of ether oxygens (including phenoxy) is 1. The minimum absolute atomic E-state index is 0.0566. The van der Waals surface area contributed by atoms with Crippen LogP contribution in [-0.2, 0) is 0 Å². The molecule has 0 fully saturated rings. The Morgan fingerprint density at radius 2 is 2.18 bits per heavy atom. The average molecular weight is 254 g/mol. The molecule has 1 aromatic rings. The van der Waals surface area contributed by atoms with Gasteiger partial charge < -0.3 is 20.9 Å². The van der Waals surface area contributed by atoms with Gasteiger partial charge in [-0.15, -0.1) is 0 Å². The van der Waals surface area contributed by atoms with Gasteiger partial charge in [0.15, 0.2) is 10.9 Å². The highest BCUT2D eigenvalue weighted by Gasteiger charge is 2.16. The van der Waals surface area contributed by atoms with E-state index in [1.165, 1.54) is 6.07 Å². The Bertz CT molecular complexity index is 446. The van der Waals surface area contributed by atoms with Crippen LogP contribution in [0.3, 0.4) is 0 Å². The summed E-state index contributed by atoms with van der Waals surface area (Å²) in [5.41, 5.74) is 5.89. The third-order valence-corrected chi connectivity index (χ3v) is 1.96. The largest absolute Gasteiger partial charge is 0.488 e. The van der Waals surface area contributed by atoms with Gasteiger partial charge in [0, 0.05) is 0 Å². The van der Waals surface area contributed by atoms with E-state index in [-0.39, 0.29) is 22.5 Å². The Hall–Kier alpha value is -1.82. The third kappa shape index (κ3) is 3.60. The second-order valence-corrected chi connectivity index (χ2v) is 4.08. The molecule has 0 saturated heterocycles.